The fraction of sp³-hybridized carbons (Fsp3) is 0.600. The molecule has 1 aliphatic carbocycles. The minimum Gasteiger partial charge on any atom is -0.392 e. The molecule has 1 saturated carbocycles. The molecule has 17 heavy (non-hydrogen) atoms. The first-order valence-corrected chi connectivity index (χ1v) is 6.60. The van der Waals surface area contributed by atoms with E-state index in [2.05, 4.69) is 0 Å². The van der Waals surface area contributed by atoms with E-state index in [4.69, 9.17) is 0 Å². The van der Waals surface area contributed by atoms with Crippen molar-refractivity contribution >= 4 is 0 Å². The van der Waals surface area contributed by atoms with Crippen LogP contribution in [0.3, 0.4) is 0 Å². The van der Waals surface area contributed by atoms with Gasteiger partial charge in [-0.2, -0.15) is 0 Å². The molecule has 0 aromatic heterocycles. The number of aryl methyl sites for hydroxylation is 1. The Morgan fingerprint density at radius 1 is 1.29 bits per heavy atom. The second kappa shape index (κ2) is 5.63. The zero-order valence-corrected chi connectivity index (χ0v) is 10.5. The van der Waals surface area contributed by atoms with Gasteiger partial charge < -0.3 is 5.11 Å². The van der Waals surface area contributed by atoms with Gasteiger partial charge in [-0.3, -0.25) is 0 Å². The Labute approximate surface area is 103 Å². The molecule has 1 unspecified atom stereocenters. The van der Waals surface area contributed by atoms with Gasteiger partial charge in [0.25, 0.3) is 0 Å². The Hall–Kier alpha value is -0.890. The largest absolute Gasteiger partial charge is 0.392 e. The van der Waals surface area contributed by atoms with Crippen LogP contribution in [0, 0.1) is 18.7 Å². The average molecular weight is 236 g/mol. The molecule has 0 amide bonds. The van der Waals surface area contributed by atoms with Gasteiger partial charge in [0.2, 0.25) is 0 Å². The maximum Gasteiger partial charge on any atom is 0.123 e. The molecule has 0 radical (unpaired) electrons. The van der Waals surface area contributed by atoms with E-state index >= 15 is 0 Å². The van der Waals surface area contributed by atoms with E-state index in [0.717, 1.165) is 24.0 Å². The molecule has 1 nitrogen and oxygen atoms in total. The quantitative estimate of drug-likeness (QED) is 0.850. The van der Waals surface area contributed by atoms with Crippen LogP contribution in [0.15, 0.2) is 18.2 Å². The molecule has 0 saturated heterocycles. The van der Waals surface area contributed by atoms with Gasteiger partial charge in [-0.1, -0.05) is 25.3 Å². The van der Waals surface area contributed by atoms with Gasteiger partial charge >= 0.3 is 0 Å². The number of hydrogen-bond donors (Lipinski definition) is 1. The summed E-state index contributed by atoms with van der Waals surface area (Å²) in [6, 6.07) is 4.82. The minimum atomic E-state index is -0.309. The highest BCUT2D eigenvalue weighted by atomic mass is 19.1. The number of aliphatic hydroxyl groups is 1. The lowest BCUT2D eigenvalue weighted by Crippen LogP contribution is -2.25. The Bertz CT molecular complexity index is 369. The Balaban J connectivity index is 2.01. The Morgan fingerprint density at radius 2 is 2.00 bits per heavy atom. The van der Waals surface area contributed by atoms with Gasteiger partial charge in [0.1, 0.15) is 5.82 Å². The smallest absolute Gasteiger partial charge is 0.123 e. The van der Waals surface area contributed by atoms with Crippen LogP contribution in [0.2, 0.25) is 0 Å². The molecule has 2 heteroatoms. The fourth-order valence-electron chi connectivity index (χ4n) is 2.77. The number of benzene rings is 1. The van der Waals surface area contributed by atoms with E-state index in [9.17, 15) is 9.50 Å². The summed E-state index contributed by atoms with van der Waals surface area (Å²) in [5.74, 6) is 0.202. The van der Waals surface area contributed by atoms with Crippen LogP contribution >= 0.6 is 0 Å². The van der Waals surface area contributed by atoms with Crippen LogP contribution in [-0.4, -0.2) is 11.2 Å². The minimum absolute atomic E-state index is 0.207. The highest BCUT2D eigenvalue weighted by Gasteiger charge is 2.22. The van der Waals surface area contributed by atoms with Crippen LogP contribution in [0.25, 0.3) is 0 Å². The summed E-state index contributed by atoms with van der Waals surface area (Å²) in [6.45, 7) is 1.97. The highest BCUT2D eigenvalue weighted by molar-refractivity contribution is 5.27. The molecule has 1 aliphatic rings. The summed E-state index contributed by atoms with van der Waals surface area (Å²) in [7, 11) is 0. The van der Waals surface area contributed by atoms with Crippen molar-refractivity contribution in [3.8, 4) is 0 Å². The molecule has 94 valence electrons. The topological polar surface area (TPSA) is 20.2 Å². The number of hydrogen-bond acceptors (Lipinski definition) is 1. The zero-order valence-electron chi connectivity index (χ0n) is 10.5. The predicted octanol–water partition coefficient (Wildman–Crippen LogP) is 3.62. The lowest BCUT2D eigenvalue weighted by atomic mass is 9.83. The molecule has 1 aromatic carbocycles. The summed E-state index contributed by atoms with van der Waals surface area (Å²) in [4.78, 5) is 0. The number of rotatable bonds is 3. The Kier molecular flexibility index (Phi) is 4.16. The van der Waals surface area contributed by atoms with Crippen molar-refractivity contribution in [3.05, 3.63) is 35.1 Å². The molecular weight excluding hydrogens is 215 g/mol. The molecule has 2 rings (SSSR count). The van der Waals surface area contributed by atoms with Gasteiger partial charge in [-0.05, 0) is 55.4 Å². The van der Waals surface area contributed by atoms with Gasteiger partial charge in [0, 0.05) is 0 Å². The van der Waals surface area contributed by atoms with E-state index in [1.54, 1.807) is 12.1 Å². The average Bonchev–Trinajstić information content (AvgIpc) is 2.35. The third kappa shape index (κ3) is 3.29. The van der Waals surface area contributed by atoms with Crippen LogP contribution in [0.5, 0.6) is 0 Å². The molecule has 0 bridgehead atoms. The van der Waals surface area contributed by atoms with Crippen molar-refractivity contribution < 1.29 is 9.50 Å². The highest BCUT2D eigenvalue weighted by Crippen LogP contribution is 2.28. The second-order valence-electron chi connectivity index (χ2n) is 5.24. The van der Waals surface area contributed by atoms with Gasteiger partial charge in [-0.15, -0.1) is 0 Å². The standard InChI is InChI=1S/C15H21FO/c1-11-7-8-14(16)9-13(11)10-15(17)12-5-3-2-4-6-12/h7-9,12,15,17H,2-6,10H2,1H3. The second-order valence-corrected chi connectivity index (χ2v) is 5.24. The van der Waals surface area contributed by atoms with Crippen molar-refractivity contribution in [2.45, 2.75) is 51.6 Å². The van der Waals surface area contributed by atoms with Gasteiger partial charge in [0.15, 0.2) is 0 Å². The van der Waals surface area contributed by atoms with Crippen molar-refractivity contribution in [3.63, 3.8) is 0 Å². The van der Waals surface area contributed by atoms with Crippen LogP contribution in [-0.2, 0) is 6.42 Å². The van der Waals surface area contributed by atoms with E-state index < -0.39 is 0 Å². The van der Waals surface area contributed by atoms with E-state index in [1.165, 1.54) is 25.3 Å². The summed E-state index contributed by atoms with van der Waals surface area (Å²) >= 11 is 0. The van der Waals surface area contributed by atoms with E-state index in [0.29, 0.717) is 12.3 Å². The predicted molar refractivity (Wildman–Crippen MR) is 67.4 cm³/mol. The van der Waals surface area contributed by atoms with E-state index in [1.807, 2.05) is 6.92 Å². The Morgan fingerprint density at radius 3 is 2.71 bits per heavy atom. The third-order valence-corrected chi connectivity index (χ3v) is 3.93. The number of aliphatic hydroxyl groups excluding tert-OH is 1. The molecule has 0 heterocycles. The van der Waals surface area contributed by atoms with Crippen LogP contribution < -0.4 is 0 Å². The molecule has 1 aromatic rings. The molecule has 1 N–H and O–H groups in total. The van der Waals surface area contributed by atoms with Crippen molar-refractivity contribution in [1.29, 1.82) is 0 Å². The summed E-state index contributed by atoms with van der Waals surface area (Å²) in [6.07, 6.45) is 6.27. The molecule has 1 fully saturated rings. The van der Waals surface area contributed by atoms with Crippen molar-refractivity contribution in [2.24, 2.45) is 5.92 Å². The molecule has 0 spiro atoms. The summed E-state index contributed by atoms with van der Waals surface area (Å²) in [5, 5.41) is 10.2. The lowest BCUT2D eigenvalue weighted by molar-refractivity contribution is 0.0849. The van der Waals surface area contributed by atoms with Gasteiger partial charge in [0.05, 0.1) is 6.10 Å². The normalized spacial score (nSPS) is 19.2. The van der Waals surface area contributed by atoms with Crippen molar-refractivity contribution in [2.75, 3.05) is 0 Å². The van der Waals surface area contributed by atoms with Crippen LogP contribution in [0.1, 0.15) is 43.2 Å². The maximum absolute atomic E-state index is 13.2. The first-order chi connectivity index (χ1) is 8.16. The first-order valence-electron chi connectivity index (χ1n) is 6.60. The molecular formula is C15H21FO. The summed E-state index contributed by atoms with van der Waals surface area (Å²) < 4.78 is 13.2. The SMILES string of the molecule is Cc1ccc(F)cc1CC(O)C1CCCCC1. The van der Waals surface area contributed by atoms with E-state index in [-0.39, 0.29) is 11.9 Å². The van der Waals surface area contributed by atoms with Crippen molar-refractivity contribution in [1.82, 2.24) is 0 Å². The third-order valence-electron chi connectivity index (χ3n) is 3.93. The lowest BCUT2D eigenvalue weighted by Gasteiger charge is -2.27. The summed E-state index contributed by atoms with van der Waals surface area (Å²) in [5.41, 5.74) is 2.02. The number of halogens is 1. The molecule has 0 aliphatic heterocycles. The fourth-order valence-corrected chi connectivity index (χ4v) is 2.77. The molecule has 1 atom stereocenters. The maximum atomic E-state index is 13.2. The zero-order chi connectivity index (χ0) is 12.3. The van der Waals surface area contributed by atoms with Crippen LogP contribution in [0.4, 0.5) is 4.39 Å². The van der Waals surface area contributed by atoms with Gasteiger partial charge in [-0.25, -0.2) is 4.39 Å². The monoisotopic (exact) mass is 236 g/mol. The first kappa shape index (κ1) is 12.6.